The number of imide groups is 1. The lowest BCUT2D eigenvalue weighted by Crippen LogP contribution is -2.20. The van der Waals surface area contributed by atoms with Crippen molar-refractivity contribution in [2.24, 2.45) is 0 Å². The van der Waals surface area contributed by atoms with E-state index in [4.69, 9.17) is 9.47 Å². The van der Waals surface area contributed by atoms with Crippen LogP contribution in [0, 0.1) is 0 Å². The molecule has 1 aromatic heterocycles. The van der Waals surface area contributed by atoms with Gasteiger partial charge in [-0.25, -0.2) is 0 Å². The number of hydrogen-bond acceptors (Lipinski definition) is 4. The Bertz CT molecular complexity index is 1110. The fraction of sp³-hybridized carbons (Fsp3) is 0.333. The number of carbonyl (C=O) groups excluding carboxylic acids is 2. The third-order valence-corrected chi connectivity index (χ3v) is 5.48. The van der Waals surface area contributed by atoms with Gasteiger partial charge in [-0.2, -0.15) is 0 Å². The molecule has 2 aliphatic rings. The summed E-state index contributed by atoms with van der Waals surface area (Å²) in [4.78, 5) is 28.6. The Hall–Kier alpha value is -2.86. The molecule has 27 heavy (non-hydrogen) atoms. The van der Waals surface area contributed by atoms with Crippen LogP contribution in [0.5, 0.6) is 5.75 Å². The molecule has 6 heteroatoms. The van der Waals surface area contributed by atoms with Crippen molar-refractivity contribution in [3.05, 3.63) is 40.5 Å². The van der Waals surface area contributed by atoms with Gasteiger partial charge in [-0.05, 0) is 49.4 Å². The number of amides is 2. The van der Waals surface area contributed by atoms with E-state index >= 15 is 0 Å². The van der Waals surface area contributed by atoms with Crippen LogP contribution in [0.15, 0.2) is 18.2 Å². The first-order valence-electron chi connectivity index (χ1n) is 9.39. The molecular formula is C21H20N2O4. The van der Waals surface area contributed by atoms with Crippen molar-refractivity contribution in [1.82, 2.24) is 10.3 Å². The molecule has 138 valence electrons. The van der Waals surface area contributed by atoms with E-state index in [0.717, 1.165) is 52.2 Å². The van der Waals surface area contributed by atoms with E-state index in [0.29, 0.717) is 36.7 Å². The molecule has 3 aromatic rings. The van der Waals surface area contributed by atoms with E-state index in [1.165, 1.54) is 0 Å². The van der Waals surface area contributed by atoms with Crippen LogP contribution in [-0.4, -0.2) is 36.6 Å². The molecule has 2 heterocycles. The average molecular weight is 364 g/mol. The zero-order chi connectivity index (χ0) is 18.5. The highest BCUT2D eigenvalue weighted by Crippen LogP contribution is 2.43. The van der Waals surface area contributed by atoms with Gasteiger partial charge in [0.05, 0.1) is 34.2 Å². The summed E-state index contributed by atoms with van der Waals surface area (Å²) in [6.07, 6.45) is 2.74. The van der Waals surface area contributed by atoms with Gasteiger partial charge in [0, 0.05) is 12.0 Å². The Morgan fingerprint density at radius 3 is 2.67 bits per heavy atom. The van der Waals surface area contributed by atoms with Crippen molar-refractivity contribution in [2.75, 3.05) is 19.8 Å². The van der Waals surface area contributed by atoms with Crippen molar-refractivity contribution in [3.8, 4) is 5.75 Å². The molecule has 0 radical (unpaired) electrons. The first-order valence-corrected chi connectivity index (χ1v) is 9.39. The number of ether oxygens (including phenoxy) is 2. The number of hydrogen-bond donors (Lipinski definition) is 2. The highest BCUT2D eigenvalue weighted by molar-refractivity contribution is 6.31. The predicted molar refractivity (Wildman–Crippen MR) is 102 cm³/mol. The molecule has 0 spiro atoms. The predicted octanol–water partition coefficient (Wildman–Crippen LogP) is 3.11. The molecule has 0 saturated heterocycles. The first kappa shape index (κ1) is 16.3. The van der Waals surface area contributed by atoms with E-state index in [2.05, 4.69) is 10.3 Å². The monoisotopic (exact) mass is 364 g/mol. The molecule has 2 amide bonds. The van der Waals surface area contributed by atoms with Crippen molar-refractivity contribution in [1.29, 1.82) is 0 Å². The minimum Gasteiger partial charge on any atom is -0.490 e. The van der Waals surface area contributed by atoms with Crippen LogP contribution in [0.1, 0.15) is 45.2 Å². The van der Waals surface area contributed by atoms with Crippen molar-refractivity contribution in [2.45, 2.75) is 26.2 Å². The largest absolute Gasteiger partial charge is 0.490 e. The summed E-state index contributed by atoms with van der Waals surface area (Å²) >= 11 is 0. The average Bonchev–Trinajstić information content (AvgIpc) is 3.34. The molecule has 0 fully saturated rings. The Kier molecular flexibility index (Phi) is 3.68. The highest BCUT2D eigenvalue weighted by Gasteiger charge is 2.37. The van der Waals surface area contributed by atoms with Gasteiger partial charge < -0.3 is 14.5 Å². The van der Waals surface area contributed by atoms with Crippen LogP contribution in [0.25, 0.3) is 21.8 Å². The molecule has 1 aliphatic carbocycles. The van der Waals surface area contributed by atoms with Gasteiger partial charge in [0.2, 0.25) is 0 Å². The van der Waals surface area contributed by atoms with Gasteiger partial charge in [0.1, 0.15) is 12.4 Å². The lowest BCUT2D eigenvalue weighted by atomic mass is 9.93. The summed E-state index contributed by atoms with van der Waals surface area (Å²) in [5, 5.41) is 4.15. The van der Waals surface area contributed by atoms with E-state index in [9.17, 15) is 9.59 Å². The van der Waals surface area contributed by atoms with Gasteiger partial charge in [-0.15, -0.1) is 0 Å². The molecule has 6 nitrogen and oxygen atoms in total. The second kappa shape index (κ2) is 6.09. The molecule has 1 aliphatic heterocycles. The van der Waals surface area contributed by atoms with Crippen molar-refractivity contribution >= 4 is 33.6 Å². The van der Waals surface area contributed by atoms with E-state index in [1.807, 2.05) is 25.1 Å². The van der Waals surface area contributed by atoms with Crippen molar-refractivity contribution < 1.29 is 19.1 Å². The third-order valence-electron chi connectivity index (χ3n) is 5.48. The molecule has 2 N–H and O–H groups in total. The first-order chi connectivity index (χ1) is 13.2. The summed E-state index contributed by atoms with van der Waals surface area (Å²) < 4.78 is 11.3. The van der Waals surface area contributed by atoms with Crippen LogP contribution >= 0.6 is 0 Å². The summed E-state index contributed by atoms with van der Waals surface area (Å²) in [7, 11) is 0. The second-order valence-electron chi connectivity index (χ2n) is 6.94. The number of aryl methyl sites for hydroxylation is 1. The fourth-order valence-corrected chi connectivity index (χ4v) is 4.44. The molecule has 0 bridgehead atoms. The van der Waals surface area contributed by atoms with Gasteiger partial charge >= 0.3 is 0 Å². The van der Waals surface area contributed by atoms with Crippen molar-refractivity contribution in [3.63, 3.8) is 0 Å². The zero-order valence-corrected chi connectivity index (χ0v) is 15.1. The van der Waals surface area contributed by atoms with Crippen LogP contribution in [0.2, 0.25) is 0 Å². The molecule has 2 aromatic carbocycles. The quantitative estimate of drug-likeness (QED) is 0.538. The minimum absolute atomic E-state index is 0.279. The SMILES string of the molecule is CCOCCOc1cccc2[nH]c3c4c(c5c(c3c12)C(=O)NC5=O)CCC4. The third kappa shape index (κ3) is 2.29. The maximum absolute atomic E-state index is 12.6. The topological polar surface area (TPSA) is 80.4 Å². The Balaban J connectivity index is 1.79. The molecule has 5 rings (SSSR count). The van der Waals surface area contributed by atoms with E-state index < -0.39 is 0 Å². The number of nitrogens with one attached hydrogen (secondary N) is 2. The maximum atomic E-state index is 12.6. The number of rotatable bonds is 5. The standard InChI is InChI=1S/C21H20N2O4/c1-2-26-9-10-27-14-8-4-7-13-16(14)17-18-15(20(24)23-21(18)25)11-5-3-6-12(11)19(17)22-13/h4,7-8,22H,2-3,5-6,9-10H2,1H3,(H,23,24,25). The number of H-pyrrole nitrogens is 1. The molecule has 0 saturated carbocycles. The summed E-state index contributed by atoms with van der Waals surface area (Å²) in [5.74, 6) is 0.101. The number of fused-ring (bicyclic) bond motifs is 8. The normalized spacial score (nSPS) is 15.4. The van der Waals surface area contributed by atoms with Gasteiger partial charge in [-0.1, -0.05) is 6.07 Å². The van der Waals surface area contributed by atoms with E-state index in [-0.39, 0.29) is 11.8 Å². The smallest absolute Gasteiger partial charge is 0.259 e. The zero-order valence-electron chi connectivity index (χ0n) is 15.1. The summed E-state index contributed by atoms with van der Waals surface area (Å²) in [5.41, 5.74) is 5.10. The Morgan fingerprint density at radius 2 is 1.81 bits per heavy atom. The number of aromatic amines is 1. The Morgan fingerprint density at radius 1 is 1.00 bits per heavy atom. The number of benzene rings is 2. The number of aromatic nitrogens is 1. The highest BCUT2D eigenvalue weighted by atomic mass is 16.5. The lowest BCUT2D eigenvalue weighted by molar-refractivity contribution is 0.0880. The second-order valence-corrected chi connectivity index (χ2v) is 6.94. The van der Waals surface area contributed by atoms with Crippen LogP contribution < -0.4 is 10.1 Å². The molecule has 0 atom stereocenters. The Labute approximate surface area is 155 Å². The van der Waals surface area contributed by atoms with Gasteiger partial charge in [0.15, 0.2) is 0 Å². The van der Waals surface area contributed by atoms with Crippen LogP contribution in [0.4, 0.5) is 0 Å². The number of carbonyl (C=O) groups is 2. The van der Waals surface area contributed by atoms with Gasteiger partial charge in [-0.3, -0.25) is 14.9 Å². The molecule has 0 unspecified atom stereocenters. The summed E-state index contributed by atoms with van der Waals surface area (Å²) in [6, 6.07) is 5.81. The molecular weight excluding hydrogens is 344 g/mol. The fourth-order valence-electron chi connectivity index (χ4n) is 4.44. The van der Waals surface area contributed by atoms with Gasteiger partial charge in [0.25, 0.3) is 11.8 Å². The van der Waals surface area contributed by atoms with Crippen LogP contribution in [-0.2, 0) is 17.6 Å². The van der Waals surface area contributed by atoms with E-state index in [1.54, 1.807) is 0 Å². The summed E-state index contributed by atoms with van der Waals surface area (Å²) in [6.45, 7) is 3.52. The maximum Gasteiger partial charge on any atom is 0.259 e. The lowest BCUT2D eigenvalue weighted by Gasteiger charge is -2.10. The minimum atomic E-state index is -0.320. The van der Waals surface area contributed by atoms with Crippen LogP contribution in [0.3, 0.4) is 0 Å².